The number of allylic oxidation sites excluding steroid dienone is 1. The van der Waals surface area contributed by atoms with Gasteiger partial charge in [0.1, 0.15) is 0 Å². The van der Waals surface area contributed by atoms with Crippen molar-refractivity contribution >= 4 is 0 Å². The van der Waals surface area contributed by atoms with Gasteiger partial charge in [-0.3, -0.25) is 0 Å². The van der Waals surface area contributed by atoms with Crippen LogP contribution in [0.1, 0.15) is 43.6 Å². The lowest BCUT2D eigenvalue weighted by atomic mass is 10.3. The molecule has 0 aromatic carbocycles. The van der Waals surface area contributed by atoms with Gasteiger partial charge in [0.2, 0.25) is 0 Å². The molecule has 11 heavy (non-hydrogen) atoms. The van der Waals surface area contributed by atoms with Gasteiger partial charge >= 0.3 is 0 Å². The molecule has 0 rings (SSSR count). The number of hydrogen-bond donors (Lipinski definition) is 0. The Morgan fingerprint density at radius 1 is 1.18 bits per heavy atom. The van der Waals surface area contributed by atoms with E-state index in [0.717, 1.165) is 6.61 Å². The third kappa shape index (κ3) is 26.0. The largest absolute Gasteiger partial charge is 0.380 e. The summed E-state index contributed by atoms with van der Waals surface area (Å²) in [5.74, 6) is 0. The van der Waals surface area contributed by atoms with Crippen LogP contribution in [0.4, 0.5) is 0 Å². The Morgan fingerprint density at radius 3 is 1.64 bits per heavy atom. The molecule has 0 aromatic heterocycles. The van der Waals surface area contributed by atoms with Crippen molar-refractivity contribution in [3.63, 3.8) is 0 Å². The molecule has 1 heteroatoms. The minimum atomic E-state index is 0. The monoisotopic (exact) mass is 164 g/mol. The first-order chi connectivity index (χ1) is 3.31. The van der Waals surface area contributed by atoms with Gasteiger partial charge in [-0.2, -0.15) is 0 Å². The van der Waals surface area contributed by atoms with Crippen molar-refractivity contribution in [2.24, 2.45) is 0 Å². The van der Waals surface area contributed by atoms with Crippen LogP contribution in [-0.2, 0) is 4.74 Å². The van der Waals surface area contributed by atoms with Crippen molar-refractivity contribution in [1.29, 1.82) is 0 Å². The van der Waals surface area contributed by atoms with Crippen LogP contribution in [0.3, 0.4) is 0 Å². The molecule has 0 bridgehead atoms. The molecule has 0 N–H and O–H groups in total. The fourth-order valence-electron chi connectivity index (χ4n) is 0.311. The quantitative estimate of drug-likeness (QED) is 0.557. The van der Waals surface area contributed by atoms with Crippen molar-refractivity contribution < 1.29 is 4.74 Å². The van der Waals surface area contributed by atoms with Crippen LogP contribution < -0.4 is 0 Å². The molecular formula is C10H28O. The van der Waals surface area contributed by atoms with Crippen molar-refractivity contribution in [1.82, 2.24) is 0 Å². The predicted octanol–water partition coefficient (Wildman–Crippen LogP) is 4.14. The second-order valence-electron chi connectivity index (χ2n) is 1.57. The van der Waals surface area contributed by atoms with E-state index in [1.54, 1.807) is 7.11 Å². The van der Waals surface area contributed by atoms with Crippen LogP contribution in [0.2, 0.25) is 0 Å². The zero-order valence-electron chi connectivity index (χ0n) is 5.19. The van der Waals surface area contributed by atoms with Gasteiger partial charge in [-0.1, -0.05) is 41.4 Å². The number of methoxy groups -OCH3 is 1. The highest BCUT2D eigenvalue weighted by Gasteiger charge is 1.79. The SMILES string of the molecule is C.C.C.C.C/C=C(/C)COC. The molecule has 0 amide bonds. The lowest BCUT2D eigenvalue weighted by Crippen LogP contribution is -1.87. The van der Waals surface area contributed by atoms with Crippen molar-refractivity contribution in [3.8, 4) is 0 Å². The molecule has 0 atom stereocenters. The molecule has 0 heterocycles. The maximum Gasteiger partial charge on any atom is 0.0670 e. The Morgan fingerprint density at radius 2 is 1.55 bits per heavy atom. The summed E-state index contributed by atoms with van der Waals surface area (Å²) in [6, 6.07) is 0. The lowest BCUT2D eigenvalue weighted by molar-refractivity contribution is 0.226. The first-order valence-corrected chi connectivity index (χ1v) is 2.42. The van der Waals surface area contributed by atoms with Gasteiger partial charge in [0.15, 0.2) is 0 Å². The molecule has 0 unspecified atom stereocenters. The van der Waals surface area contributed by atoms with E-state index >= 15 is 0 Å². The third-order valence-electron chi connectivity index (χ3n) is 0.865. The van der Waals surface area contributed by atoms with Gasteiger partial charge in [0, 0.05) is 7.11 Å². The van der Waals surface area contributed by atoms with Crippen molar-refractivity contribution in [2.75, 3.05) is 13.7 Å². The van der Waals surface area contributed by atoms with E-state index in [9.17, 15) is 0 Å². The Bertz CT molecular complexity index is 65.3. The molecule has 1 nitrogen and oxygen atoms in total. The van der Waals surface area contributed by atoms with E-state index in [1.807, 2.05) is 19.9 Å². The molecule has 0 spiro atoms. The van der Waals surface area contributed by atoms with Gasteiger partial charge in [0.25, 0.3) is 0 Å². The smallest absolute Gasteiger partial charge is 0.0670 e. The highest BCUT2D eigenvalue weighted by molar-refractivity contribution is 4.94. The van der Waals surface area contributed by atoms with Crippen molar-refractivity contribution in [2.45, 2.75) is 43.6 Å². The molecule has 0 aliphatic heterocycles. The van der Waals surface area contributed by atoms with E-state index in [0.29, 0.717) is 0 Å². The van der Waals surface area contributed by atoms with Gasteiger partial charge < -0.3 is 4.74 Å². The Kier molecular flexibility index (Phi) is 63.7. The molecule has 0 radical (unpaired) electrons. The van der Waals surface area contributed by atoms with Crippen LogP contribution in [-0.4, -0.2) is 13.7 Å². The van der Waals surface area contributed by atoms with Crippen LogP contribution in [0, 0.1) is 0 Å². The van der Waals surface area contributed by atoms with E-state index in [4.69, 9.17) is 4.74 Å². The van der Waals surface area contributed by atoms with Crippen LogP contribution in [0.25, 0.3) is 0 Å². The molecule has 0 aliphatic carbocycles. The van der Waals surface area contributed by atoms with Crippen molar-refractivity contribution in [3.05, 3.63) is 11.6 Å². The average molecular weight is 164 g/mol. The zero-order chi connectivity index (χ0) is 5.70. The Hall–Kier alpha value is -0.300. The summed E-state index contributed by atoms with van der Waals surface area (Å²) in [5, 5.41) is 0. The molecule has 0 saturated heterocycles. The van der Waals surface area contributed by atoms with Gasteiger partial charge in [-0.25, -0.2) is 0 Å². The minimum Gasteiger partial charge on any atom is -0.380 e. The third-order valence-corrected chi connectivity index (χ3v) is 0.865. The summed E-state index contributed by atoms with van der Waals surface area (Å²) in [4.78, 5) is 0. The fraction of sp³-hybridized carbons (Fsp3) is 0.800. The minimum absolute atomic E-state index is 0. The lowest BCUT2D eigenvalue weighted by Gasteiger charge is -1.93. The molecule has 0 aromatic rings. The van der Waals surface area contributed by atoms with Crippen LogP contribution >= 0.6 is 0 Å². The van der Waals surface area contributed by atoms with Gasteiger partial charge in [-0.05, 0) is 13.8 Å². The van der Waals surface area contributed by atoms with Gasteiger partial charge in [0.05, 0.1) is 6.61 Å². The zero-order valence-corrected chi connectivity index (χ0v) is 5.19. The maximum absolute atomic E-state index is 4.83. The maximum atomic E-state index is 4.83. The van der Waals surface area contributed by atoms with E-state index < -0.39 is 0 Å². The Labute approximate surface area is 74.5 Å². The second kappa shape index (κ2) is 22.6. The first kappa shape index (κ1) is 31.0. The molecule has 0 fully saturated rings. The standard InChI is InChI=1S/C6H12O.4CH4/c1-4-6(2)5-7-3;;;;/h4H,5H2,1-3H3;4*1H4/b6-4-;;;;. The van der Waals surface area contributed by atoms with Gasteiger partial charge in [-0.15, -0.1) is 0 Å². The van der Waals surface area contributed by atoms with Crippen LogP contribution in [0.15, 0.2) is 11.6 Å². The number of ether oxygens (including phenoxy) is 1. The van der Waals surface area contributed by atoms with E-state index in [1.165, 1.54) is 5.57 Å². The van der Waals surface area contributed by atoms with Crippen LogP contribution in [0.5, 0.6) is 0 Å². The normalized spacial score (nSPS) is 7.73. The number of hydrogen-bond acceptors (Lipinski definition) is 1. The summed E-state index contributed by atoms with van der Waals surface area (Å²) in [6.45, 7) is 4.81. The molecule has 0 saturated carbocycles. The second-order valence-corrected chi connectivity index (χ2v) is 1.57. The predicted molar refractivity (Wildman–Crippen MR) is 58.2 cm³/mol. The topological polar surface area (TPSA) is 9.23 Å². The summed E-state index contributed by atoms with van der Waals surface area (Å²) in [6.07, 6.45) is 2.05. The van der Waals surface area contributed by atoms with E-state index in [-0.39, 0.29) is 29.7 Å². The highest BCUT2D eigenvalue weighted by atomic mass is 16.5. The summed E-state index contributed by atoms with van der Waals surface area (Å²) in [7, 11) is 1.70. The first-order valence-electron chi connectivity index (χ1n) is 2.42. The average Bonchev–Trinajstić information content (AvgIpc) is 1.68. The highest BCUT2D eigenvalue weighted by Crippen LogP contribution is 1.88. The van der Waals surface area contributed by atoms with E-state index in [2.05, 4.69) is 0 Å². The number of rotatable bonds is 2. The molecule has 0 aliphatic rings. The molecule has 74 valence electrons. The summed E-state index contributed by atoms with van der Waals surface area (Å²) >= 11 is 0. The molecular weight excluding hydrogens is 136 g/mol. The summed E-state index contributed by atoms with van der Waals surface area (Å²) < 4.78 is 4.83. The summed E-state index contributed by atoms with van der Waals surface area (Å²) in [5.41, 5.74) is 1.28. The Balaban J connectivity index is -0.0000000300. The fourth-order valence-corrected chi connectivity index (χ4v) is 0.311.